The number of nitrogens with one attached hydrogen (secondary N) is 1. The number of urea groups is 1. The van der Waals surface area contributed by atoms with Crippen molar-refractivity contribution in [1.29, 1.82) is 0 Å². The molecular weight excluding hydrogens is 274 g/mol. The van der Waals surface area contributed by atoms with E-state index in [1.165, 1.54) is 15.9 Å². The van der Waals surface area contributed by atoms with E-state index in [0.29, 0.717) is 12.4 Å². The zero-order chi connectivity index (χ0) is 15.4. The highest BCUT2D eigenvalue weighted by molar-refractivity contribution is 5.87. The van der Waals surface area contributed by atoms with E-state index in [1.807, 2.05) is 0 Å². The number of anilines is 1. The molecule has 9 nitrogen and oxygen atoms in total. The third kappa shape index (κ3) is 4.15. The summed E-state index contributed by atoms with van der Waals surface area (Å²) in [6.45, 7) is 1.34. The van der Waals surface area contributed by atoms with Crippen molar-refractivity contribution in [3.63, 3.8) is 0 Å². The fourth-order valence-electron chi connectivity index (χ4n) is 2.11. The van der Waals surface area contributed by atoms with Crippen LogP contribution in [-0.4, -0.2) is 70.0 Å². The number of nitrogens with two attached hydrogens (primary N) is 1. The summed E-state index contributed by atoms with van der Waals surface area (Å²) in [6, 6.07) is -0.251. The summed E-state index contributed by atoms with van der Waals surface area (Å²) in [6.07, 6.45) is 3.28. The Kier molecular flexibility index (Phi) is 4.73. The van der Waals surface area contributed by atoms with Crippen LogP contribution in [0.4, 0.5) is 10.6 Å². The van der Waals surface area contributed by atoms with Gasteiger partial charge >= 0.3 is 6.03 Å². The molecule has 1 saturated heterocycles. The lowest BCUT2D eigenvalue weighted by Gasteiger charge is -2.30. The van der Waals surface area contributed by atoms with E-state index in [2.05, 4.69) is 15.5 Å². The van der Waals surface area contributed by atoms with Gasteiger partial charge in [-0.2, -0.15) is 9.90 Å². The Morgan fingerprint density at radius 2 is 2.29 bits per heavy atom. The Morgan fingerprint density at radius 1 is 1.52 bits per heavy atom. The topological polar surface area (TPSA) is 109 Å². The van der Waals surface area contributed by atoms with Crippen LogP contribution >= 0.6 is 0 Å². The van der Waals surface area contributed by atoms with Crippen LogP contribution in [0.15, 0.2) is 6.20 Å². The van der Waals surface area contributed by atoms with Gasteiger partial charge in [-0.3, -0.25) is 10.1 Å². The SMILES string of the molecule is CN(C)C(=O)Nc1cnn(CC(=O)N2CCCC(N)C2)n1. The van der Waals surface area contributed by atoms with Gasteiger partial charge in [0.1, 0.15) is 6.54 Å². The molecule has 2 heterocycles. The number of likely N-dealkylation sites (tertiary alicyclic amines) is 1. The molecule has 9 heteroatoms. The third-order valence-corrected chi connectivity index (χ3v) is 3.26. The second kappa shape index (κ2) is 6.53. The highest BCUT2D eigenvalue weighted by Gasteiger charge is 2.22. The van der Waals surface area contributed by atoms with Crippen molar-refractivity contribution < 1.29 is 9.59 Å². The van der Waals surface area contributed by atoms with Gasteiger partial charge in [0.25, 0.3) is 0 Å². The lowest BCUT2D eigenvalue weighted by molar-refractivity contribution is -0.133. The molecule has 0 aliphatic carbocycles. The van der Waals surface area contributed by atoms with Crippen LogP contribution < -0.4 is 11.1 Å². The van der Waals surface area contributed by atoms with Crippen molar-refractivity contribution in [2.45, 2.75) is 25.4 Å². The molecule has 0 bridgehead atoms. The Labute approximate surface area is 123 Å². The van der Waals surface area contributed by atoms with Crippen LogP contribution in [0, 0.1) is 0 Å². The molecule has 116 valence electrons. The monoisotopic (exact) mass is 295 g/mol. The van der Waals surface area contributed by atoms with Crippen molar-refractivity contribution in [1.82, 2.24) is 24.8 Å². The summed E-state index contributed by atoms with van der Waals surface area (Å²) < 4.78 is 0. The van der Waals surface area contributed by atoms with Gasteiger partial charge in [0.05, 0.1) is 6.20 Å². The predicted molar refractivity (Wildman–Crippen MR) is 76.5 cm³/mol. The minimum absolute atomic E-state index is 0.0446. The van der Waals surface area contributed by atoms with E-state index in [9.17, 15) is 9.59 Å². The molecule has 1 aromatic heterocycles. The minimum Gasteiger partial charge on any atom is -0.339 e. The van der Waals surface area contributed by atoms with E-state index in [1.54, 1.807) is 19.0 Å². The molecule has 1 aliphatic heterocycles. The zero-order valence-electron chi connectivity index (χ0n) is 12.3. The Balaban J connectivity index is 1.90. The summed E-state index contributed by atoms with van der Waals surface area (Å²) in [4.78, 5) is 28.0. The summed E-state index contributed by atoms with van der Waals surface area (Å²) in [5.41, 5.74) is 5.86. The van der Waals surface area contributed by atoms with E-state index >= 15 is 0 Å². The fraction of sp³-hybridized carbons (Fsp3) is 0.667. The highest BCUT2D eigenvalue weighted by Crippen LogP contribution is 2.09. The zero-order valence-corrected chi connectivity index (χ0v) is 12.3. The molecule has 0 spiro atoms. The Bertz CT molecular complexity index is 513. The molecule has 0 aromatic carbocycles. The summed E-state index contributed by atoms with van der Waals surface area (Å²) in [5.74, 6) is 0.253. The number of hydrogen-bond donors (Lipinski definition) is 2. The molecule has 3 amide bonds. The summed E-state index contributed by atoms with van der Waals surface area (Å²) in [5, 5.41) is 10.6. The van der Waals surface area contributed by atoms with Crippen LogP contribution in [0.3, 0.4) is 0 Å². The molecule has 1 unspecified atom stereocenters. The minimum atomic E-state index is -0.296. The molecule has 3 N–H and O–H groups in total. The molecule has 1 aliphatic rings. The molecule has 1 fully saturated rings. The Hall–Kier alpha value is -2.16. The van der Waals surface area contributed by atoms with Gasteiger partial charge < -0.3 is 15.5 Å². The van der Waals surface area contributed by atoms with Crippen molar-refractivity contribution in [3.8, 4) is 0 Å². The first kappa shape index (κ1) is 15.2. The van der Waals surface area contributed by atoms with Crippen LogP contribution in [0.25, 0.3) is 0 Å². The smallest absolute Gasteiger partial charge is 0.322 e. The third-order valence-electron chi connectivity index (χ3n) is 3.26. The lowest BCUT2D eigenvalue weighted by atomic mass is 10.1. The average molecular weight is 295 g/mol. The molecule has 1 aromatic rings. The number of nitrogens with zero attached hydrogens (tertiary/aromatic N) is 5. The van der Waals surface area contributed by atoms with Crippen molar-refractivity contribution in [3.05, 3.63) is 6.20 Å². The maximum Gasteiger partial charge on any atom is 0.322 e. The van der Waals surface area contributed by atoms with Crippen LogP contribution in [0.2, 0.25) is 0 Å². The van der Waals surface area contributed by atoms with E-state index in [-0.39, 0.29) is 24.5 Å². The van der Waals surface area contributed by atoms with E-state index < -0.39 is 0 Å². The second-order valence-corrected chi connectivity index (χ2v) is 5.33. The number of rotatable bonds is 3. The molecule has 0 radical (unpaired) electrons. The second-order valence-electron chi connectivity index (χ2n) is 5.33. The van der Waals surface area contributed by atoms with E-state index in [0.717, 1.165) is 19.4 Å². The van der Waals surface area contributed by atoms with Gasteiger partial charge in [0.2, 0.25) is 5.91 Å². The van der Waals surface area contributed by atoms with Gasteiger partial charge in [-0.25, -0.2) is 4.79 Å². The standard InChI is InChI=1S/C12H21N7O2/c1-17(2)12(21)15-10-6-14-19(16-10)8-11(20)18-5-3-4-9(13)7-18/h6,9H,3-5,7-8,13H2,1-2H3,(H,15,16,21). The van der Waals surface area contributed by atoms with Crippen LogP contribution in [-0.2, 0) is 11.3 Å². The molecule has 1 atom stereocenters. The number of carbonyl (C=O) groups excluding carboxylic acids is 2. The maximum absolute atomic E-state index is 12.1. The first-order valence-corrected chi connectivity index (χ1v) is 6.87. The van der Waals surface area contributed by atoms with Crippen LogP contribution in [0.1, 0.15) is 12.8 Å². The summed E-state index contributed by atoms with van der Waals surface area (Å²) in [7, 11) is 3.26. The van der Waals surface area contributed by atoms with Gasteiger partial charge in [0, 0.05) is 33.2 Å². The average Bonchev–Trinajstić information content (AvgIpc) is 2.85. The van der Waals surface area contributed by atoms with Crippen molar-refractivity contribution in [2.75, 3.05) is 32.5 Å². The van der Waals surface area contributed by atoms with Gasteiger partial charge in [-0.05, 0) is 12.8 Å². The van der Waals surface area contributed by atoms with Gasteiger partial charge in [0.15, 0.2) is 5.82 Å². The number of piperidine rings is 1. The Morgan fingerprint density at radius 3 is 2.95 bits per heavy atom. The van der Waals surface area contributed by atoms with E-state index in [4.69, 9.17) is 5.73 Å². The largest absolute Gasteiger partial charge is 0.339 e. The number of carbonyl (C=O) groups is 2. The first-order valence-electron chi connectivity index (χ1n) is 6.87. The normalized spacial score (nSPS) is 18.4. The first-order chi connectivity index (χ1) is 9.95. The van der Waals surface area contributed by atoms with Gasteiger partial charge in [-0.1, -0.05) is 0 Å². The van der Waals surface area contributed by atoms with Crippen molar-refractivity contribution in [2.24, 2.45) is 5.73 Å². The molecule has 0 saturated carbocycles. The molecule has 21 heavy (non-hydrogen) atoms. The fourth-order valence-corrected chi connectivity index (χ4v) is 2.11. The van der Waals surface area contributed by atoms with Gasteiger partial charge in [-0.15, -0.1) is 5.10 Å². The van der Waals surface area contributed by atoms with Crippen molar-refractivity contribution >= 4 is 17.8 Å². The molecule has 2 rings (SSSR count). The summed E-state index contributed by atoms with van der Waals surface area (Å²) >= 11 is 0. The predicted octanol–water partition coefficient (Wildman–Crippen LogP) is -0.679. The van der Waals surface area contributed by atoms with Crippen LogP contribution in [0.5, 0.6) is 0 Å². The number of amides is 3. The maximum atomic E-state index is 12.1. The number of aromatic nitrogens is 3. The highest BCUT2D eigenvalue weighted by atomic mass is 16.2. The quantitative estimate of drug-likeness (QED) is 0.768. The molecular formula is C12H21N7O2. The lowest BCUT2D eigenvalue weighted by Crippen LogP contribution is -2.46. The number of hydrogen-bond acceptors (Lipinski definition) is 5.